The third kappa shape index (κ3) is 6.07. The van der Waals surface area contributed by atoms with Gasteiger partial charge in [0.1, 0.15) is 14.2 Å². The molecule has 5 rings (SSSR count). The Balaban J connectivity index is 1.40. The smallest absolute Gasteiger partial charge is 0.271 e. The Morgan fingerprint density at radius 1 is 0.927 bits per heavy atom. The van der Waals surface area contributed by atoms with Gasteiger partial charge < -0.3 is 10.1 Å². The second-order valence-corrected chi connectivity index (χ2v) is 15.4. The van der Waals surface area contributed by atoms with Crippen molar-refractivity contribution in [2.45, 2.75) is 39.1 Å². The first kappa shape index (κ1) is 28.6. The first-order valence-electron chi connectivity index (χ1n) is 12.6. The second-order valence-electron chi connectivity index (χ2n) is 10.2. The van der Waals surface area contributed by atoms with E-state index in [1.807, 2.05) is 18.2 Å². The monoisotopic (exact) mass is 608 g/mol. The first-order valence-corrected chi connectivity index (χ1v) is 16.4. The number of thiophene rings is 1. The zero-order chi connectivity index (χ0) is 29.4. The van der Waals surface area contributed by atoms with Gasteiger partial charge >= 0.3 is 0 Å². The van der Waals surface area contributed by atoms with E-state index >= 15 is 0 Å². The van der Waals surface area contributed by atoms with Gasteiger partial charge in [0.05, 0.1) is 12.0 Å². The minimum atomic E-state index is -4.12. The van der Waals surface area contributed by atoms with E-state index in [2.05, 4.69) is 23.9 Å². The normalized spacial score (nSPS) is 15.5. The number of hydrogen-bond acceptors (Lipinski definition) is 8. The molecule has 41 heavy (non-hydrogen) atoms. The van der Waals surface area contributed by atoms with E-state index in [1.165, 1.54) is 42.5 Å². The molecule has 0 spiro atoms. The molecular weight excluding hydrogens is 581 g/mol. The summed E-state index contributed by atoms with van der Waals surface area (Å²) in [6, 6.07) is 22.3. The van der Waals surface area contributed by atoms with E-state index in [4.69, 9.17) is 4.74 Å². The molecule has 8 nitrogen and oxygen atoms in total. The number of sulfonamides is 1. The molecule has 212 valence electrons. The van der Waals surface area contributed by atoms with Crippen LogP contribution in [0.3, 0.4) is 0 Å². The van der Waals surface area contributed by atoms with Crippen LogP contribution in [0.1, 0.15) is 35.3 Å². The fraction of sp³-hybridized carbons (Fsp3) is 0.167. The lowest BCUT2D eigenvalue weighted by atomic mass is 9.85. The van der Waals surface area contributed by atoms with Crippen LogP contribution in [0.25, 0.3) is 5.70 Å². The fourth-order valence-electron chi connectivity index (χ4n) is 4.62. The summed E-state index contributed by atoms with van der Waals surface area (Å²) < 4.78 is 59.7. The van der Waals surface area contributed by atoms with Crippen LogP contribution in [0.15, 0.2) is 104 Å². The fourth-order valence-corrected chi connectivity index (χ4v) is 8.86. The number of sulfone groups is 1. The summed E-state index contributed by atoms with van der Waals surface area (Å²) in [7, 11) is -6.39. The largest absolute Gasteiger partial charge is 0.497 e. The molecule has 2 heterocycles. The van der Waals surface area contributed by atoms with Gasteiger partial charge in [0, 0.05) is 34.1 Å². The van der Waals surface area contributed by atoms with Crippen molar-refractivity contribution in [2.24, 2.45) is 0 Å². The summed E-state index contributed by atoms with van der Waals surface area (Å²) in [4.78, 5) is 13.4. The summed E-state index contributed by atoms with van der Waals surface area (Å²) in [5.74, 6) is 0.362. The Kier molecular flexibility index (Phi) is 7.54. The first-order chi connectivity index (χ1) is 19.4. The molecule has 1 aliphatic rings. The number of benzene rings is 3. The van der Waals surface area contributed by atoms with Crippen LogP contribution >= 0.6 is 11.3 Å². The van der Waals surface area contributed by atoms with Crippen LogP contribution in [0.2, 0.25) is 0 Å². The topological polar surface area (TPSA) is 119 Å². The molecule has 0 bridgehead atoms. The van der Waals surface area contributed by atoms with Crippen molar-refractivity contribution < 1.29 is 26.4 Å². The molecule has 3 aromatic carbocycles. The maximum Gasteiger partial charge on any atom is 0.271 e. The molecule has 11 heteroatoms. The minimum Gasteiger partial charge on any atom is -0.497 e. The number of allylic oxidation sites excluding steroid dienone is 1. The lowest BCUT2D eigenvalue weighted by Crippen LogP contribution is -2.43. The lowest BCUT2D eigenvalue weighted by Gasteiger charge is -2.35. The summed E-state index contributed by atoms with van der Waals surface area (Å²) in [6.07, 6.45) is 2.28. The lowest BCUT2D eigenvalue weighted by molar-refractivity contribution is 0.104. The van der Waals surface area contributed by atoms with Gasteiger partial charge in [-0.1, -0.05) is 36.4 Å². The molecular formula is C30H28N2O6S3. The molecule has 4 aromatic rings. The van der Waals surface area contributed by atoms with Crippen LogP contribution in [-0.4, -0.2) is 35.3 Å². The number of fused-ring (bicyclic) bond motifs is 1. The number of rotatable bonds is 8. The molecule has 2 N–H and O–H groups in total. The summed E-state index contributed by atoms with van der Waals surface area (Å²) in [6.45, 7) is 4.10. The molecule has 0 fully saturated rings. The Hall–Kier alpha value is -3.93. The molecule has 0 atom stereocenters. The van der Waals surface area contributed by atoms with E-state index < -0.39 is 19.9 Å². The van der Waals surface area contributed by atoms with E-state index in [-0.39, 0.29) is 35.9 Å². The van der Waals surface area contributed by atoms with Crippen molar-refractivity contribution in [3.05, 3.63) is 108 Å². The average molecular weight is 609 g/mol. The number of ether oxygens (including phenoxy) is 1. The zero-order valence-electron chi connectivity index (χ0n) is 22.5. The minimum absolute atomic E-state index is 0.0796. The highest BCUT2D eigenvalue weighted by atomic mass is 32.3. The molecule has 0 radical (unpaired) electrons. The van der Waals surface area contributed by atoms with Crippen molar-refractivity contribution in [2.75, 3.05) is 11.8 Å². The summed E-state index contributed by atoms with van der Waals surface area (Å²) in [5, 5.41) is 3.43. The van der Waals surface area contributed by atoms with E-state index in [9.17, 15) is 21.6 Å². The third-order valence-corrected chi connectivity index (χ3v) is 11.7. The highest BCUT2D eigenvalue weighted by molar-refractivity contribution is 7.96. The van der Waals surface area contributed by atoms with E-state index in [1.54, 1.807) is 37.4 Å². The van der Waals surface area contributed by atoms with Crippen molar-refractivity contribution in [1.29, 1.82) is 0 Å². The predicted octanol–water partition coefficient (Wildman–Crippen LogP) is 5.54. The van der Waals surface area contributed by atoms with Gasteiger partial charge in [-0.25, -0.2) is 16.8 Å². The van der Waals surface area contributed by atoms with Crippen LogP contribution in [0.4, 0.5) is 5.69 Å². The summed E-state index contributed by atoms with van der Waals surface area (Å²) >= 11 is 0.657. The highest BCUT2D eigenvalue weighted by Gasteiger charge is 2.29. The van der Waals surface area contributed by atoms with Gasteiger partial charge in [-0.05, 0) is 74.4 Å². The maximum absolute atomic E-state index is 13.3. The maximum atomic E-state index is 13.3. The Labute approximate surface area is 243 Å². The standard InChI is InChI=1S/C30H28N2O6S3/c1-30(2)19-21-12-13-23(38-3)17-25(21)26(31-30)18-27(33)20-8-7-9-22(16-20)32-41(36,37)29-15-14-28(39-29)40(34,35)24-10-5-4-6-11-24/h4-18,31-32H,19H2,1-3H3/b26-18-. The molecule has 0 amide bonds. The molecule has 0 aliphatic carbocycles. The number of hydrogen-bond donors (Lipinski definition) is 2. The highest BCUT2D eigenvalue weighted by Crippen LogP contribution is 2.33. The van der Waals surface area contributed by atoms with Crippen LogP contribution in [0.5, 0.6) is 5.75 Å². The second kappa shape index (κ2) is 10.8. The van der Waals surface area contributed by atoms with E-state index in [0.717, 1.165) is 17.5 Å². The number of nitrogens with one attached hydrogen (secondary N) is 2. The van der Waals surface area contributed by atoms with Gasteiger partial charge in [-0.2, -0.15) is 0 Å². The van der Waals surface area contributed by atoms with Crippen molar-refractivity contribution in [3.63, 3.8) is 0 Å². The van der Waals surface area contributed by atoms with Crippen LogP contribution < -0.4 is 14.8 Å². The van der Waals surface area contributed by atoms with E-state index in [0.29, 0.717) is 22.8 Å². The van der Waals surface area contributed by atoms with Gasteiger partial charge in [0.2, 0.25) is 9.84 Å². The van der Waals surface area contributed by atoms with Crippen LogP contribution in [0, 0.1) is 0 Å². The average Bonchev–Trinajstić information content (AvgIpc) is 3.45. The van der Waals surface area contributed by atoms with Crippen molar-refractivity contribution in [3.8, 4) is 5.75 Å². The molecule has 1 aliphatic heterocycles. The van der Waals surface area contributed by atoms with Gasteiger partial charge in [-0.15, -0.1) is 11.3 Å². The van der Waals surface area contributed by atoms with Crippen molar-refractivity contribution >= 4 is 48.4 Å². The van der Waals surface area contributed by atoms with Gasteiger partial charge in [-0.3, -0.25) is 9.52 Å². The zero-order valence-corrected chi connectivity index (χ0v) is 25.0. The quantitative estimate of drug-likeness (QED) is 0.199. The Morgan fingerprint density at radius 2 is 1.66 bits per heavy atom. The SMILES string of the molecule is COc1ccc2c(c1)/C(=C/C(=O)c1cccc(NS(=O)(=O)c3ccc(S(=O)(=O)c4ccccc4)s3)c1)NC(C)(C)C2. The number of anilines is 1. The number of methoxy groups -OCH3 is 1. The predicted molar refractivity (Wildman–Crippen MR) is 160 cm³/mol. The molecule has 0 saturated heterocycles. The van der Waals surface area contributed by atoms with Gasteiger partial charge in [0.15, 0.2) is 5.78 Å². The summed E-state index contributed by atoms with van der Waals surface area (Å²) in [5.41, 5.74) is 2.78. The molecule has 0 saturated carbocycles. The van der Waals surface area contributed by atoms with Gasteiger partial charge in [0.25, 0.3) is 10.0 Å². The molecule has 1 aromatic heterocycles. The number of carbonyl (C=O) groups is 1. The molecule has 0 unspecified atom stereocenters. The van der Waals surface area contributed by atoms with Crippen molar-refractivity contribution in [1.82, 2.24) is 5.32 Å². The third-order valence-electron chi connectivity index (χ3n) is 6.53. The Morgan fingerprint density at radius 3 is 2.39 bits per heavy atom. The van der Waals surface area contributed by atoms with Crippen LogP contribution in [-0.2, 0) is 26.3 Å². The Bertz CT molecular complexity index is 1880. The number of carbonyl (C=O) groups excluding carboxylic acids is 1. The number of ketones is 1.